The van der Waals surface area contributed by atoms with Crippen LogP contribution in [-0.2, 0) is 16.0 Å². The van der Waals surface area contributed by atoms with Crippen molar-refractivity contribution in [1.82, 2.24) is 20.1 Å². The Labute approximate surface area is 146 Å². The summed E-state index contributed by atoms with van der Waals surface area (Å²) < 4.78 is 1.77. The van der Waals surface area contributed by atoms with Gasteiger partial charge in [0, 0.05) is 12.6 Å². The molecule has 0 spiro atoms. The summed E-state index contributed by atoms with van der Waals surface area (Å²) in [7, 11) is 0. The summed E-state index contributed by atoms with van der Waals surface area (Å²) in [6.45, 7) is 4.08. The first-order chi connectivity index (χ1) is 12.1. The minimum Gasteiger partial charge on any atom is -0.344 e. The third-order valence-electron chi connectivity index (χ3n) is 4.28. The van der Waals surface area contributed by atoms with Crippen LogP contribution in [0.15, 0.2) is 24.5 Å². The van der Waals surface area contributed by atoms with E-state index in [2.05, 4.69) is 27.6 Å². The zero-order valence-corrected chi connectivity index (χ0v) is 14.6. The monoisotopic (exact) mass is 341 g/mol. The molecule has 2 amide bonds. The molecule has 0 bridgehead atoms. The van der Waals surface area contributed by atoms with Gasteiger partial charge in [0.05, 0.1) is 17.6 Å². The Balaban J connectivity index is 1.84. The summed E-state index contributed by atoms with van der Waals surface area (Å²) in [5, 5.41) is 10.1. The van der Waals surface area contributed by atoms with Crippen LogP contribution in [0.5, 0.6) is 0 Å². The Kier molecular flexibility index (Phi) is 5.11. The summed E-state index contributed by atoms with van der Waals surface area (Å²) in [6.07, 6.45) is 6.96. The van der Waals surface area contributed by atoms with Crippen molar-refractivity contribution < 1.29 is 9.59 Å². The third-order valence-corrected chi connectivity index (χ3v) is 4.28. The van der Waals surface area contributed by atoms with Crippen molar-refractivity contribution >= 4 is 17.5 Å². The Morgan fingerprint density at radius 3 is 3.04 bits per heavy atom. The molecule has 2 aromatic heterocycles. The number of carbonyl (C=O) groups is 2. The van der Waals surface area contributed by atoms with Crippen molar-refractivity contribution in [2.45, 2.75) is 52.0 Å². The fourth-order valence-electron chi connectivity index (χ4n) is 3.01. The number of pyridine rings is 1. The number of hydrogen-bond donors (Lipinski definition) is 2. The normalized spacial score (nSPS) is 17.2. The van der Waals surface area contributed by atoms with E-state index in [0.29, 0.717) is 18.5 Å². The van der Waals surface area contributed by atoms with E-state index in [-0.39, 0.29) is 11.8 Å². The summed E-state index contributed by atoms with van der Waals surface area (Å²) in [5.74, 6) is 0.469. The molecule has 132 valence electrons. The number of carbonyl (C=O) groups excluding carboxylic acids is 2. The van der Waals surface area contributed by atoms with E-state index in [1.54, 1.807) is 17.1 Å². The van der Waals surface area contributed by atoms with E-state index in [9.17, 15) is 9.59 Å². The van der Waals surface area contributed by atoms with Crippen molar-refractivity contribution in [2.75, 3.05) is 5.32 Å². The number of piperidine rings is 1. The van der Waals surface area contributed by atoms with Crippen molar-refractivity contribution in [3.63, 3.8) is 0 Å². The molecule has 0 saturated carbocycles. The maximum atomic E-state index is 12.5. The van der Waals surface area contributed by atoms with Gasteiger partial charge in [-0.2, -0.15) is 5.10 Å². The highest BCUT2D eigenvalue weighted by Crippen LogP contribution is 2.21. The molecule has 0 radical (unpaired) electrons. The van der Waals surface area contributed by atoms with Crippen LogP contribution in [0.4, 0.5) is 5.69 Å². The largest absolute Gasteiger partial charge is 0.344 e. The van der Waals surface area contributed by atoms with Gasteiger partial charge >= 0.3 is 0 Å². The molecule has 1 saturated heterocycles. The predicted molar refractivity (Wildman–Crippen MR) is 94.5 cm³/mol. The Bertz CT molecular complexity index is 784. The van der Waals surface area contributed by atoms with Gasteiger partial charge in [0.2, 0.25) is 11.8 Å². The molecule has 1 atom stereocenters. The lowest BCUT2D eigenvalue weighted by molar-refractivity contribution is -0.128. The second-order valence-electron chi connectivity index (χ2n) is 6.36. The van der Waals surface area contributed by atoms with Gasteiger partial charge in [0.1, 0.15) is 6.04 Å². The molecule has 0 aromatic carbocycles. The summed E-state index contributed by atoms with van der Waals surface area (Å²) in [6, 6.07) is 3.41. The van der Waals surface area contributed by atoms with Crippen LogP contribution in [0, 0.1) is 6.92 Å². The van der Waals surface area contributed by atoms with Gasteiger partial charge in [-0.05, 0) is 43.9 Å². The van der Waals surface area contributed by atoms with Gasteiger partial charge in [-0.15, -0.1) is 0 Å². The molecular formula is C18H23N5O2. The minimum atomic E-state index is -0.476. The summed E-state index contributed by atoms with van der Waals surface area (Å²) >= 11 is 0. The fourth-order valence-corrected chi connectivity index (χ4v) is 3.01. The maximum Gasteiger partial charge on any atom is 0.247 e. The highest BCUT2D eigenvalue weighted by Gasteiger charge is 2.26. The molecule has 0 unspecified atom stereocenters. The van der Waals surface area contributed by atoms with Crippen molar-refractivity contribution in [2.24, 2.45) is 0 Å². The number of amides is 2. The van der Waals surface area contributed by atoms with Gasteiger partial charge in [-0.25, -0.2) is 9.67 Å². The van der Waals surface area contributed by atoms with Crippen LogP contribution < -0.4 is 10.6 Å². The lowest BCUT2D eigenvalue weighted by Crippen LogP contribution is -2.46. The topological polar surface area (TPSA) is 88.9 Å². The average molecular weight is 341 g/mol. The first-order valence-electron chi connectivity index (χ1n) is 8.68. The molecular weight excluding hydrogens is 318 g/mol. The number of aryl methyl sites for hydroxylation is 1. The first kappa shape index (κ1) is 17.1. The zero-order chi connectivity index (χ0) is 17.8. The number of aromatic nitrogens is 3. The highest BCUT2D eigenvalue weighted by molar-refractivity contribution is 5.98. The number of hydrogen-bond acceptors (Lipinski definition) is 4. The number of anilines is 1. The molecule has 25 heavy (non-hydrogen) atoms. The van der Waals surface area contributed by atoms with Crippen LogP contribution in [0.25, 0.3) is 5.82 Å². The van der Waals surface area contributed by atoms with E-state index in [0.717, 1.165) is 36.3 Å². The van der Waals surface area contributed by atoms with Crippen molar-refractivity contribution in [3.05, 3.63) is 35.8 Å². The van der Waals surface area contributed by atoms with Crippen LogP contribution in [0.1, 0.15) is 43.9 Å². The number of rotatable bonds is 5. The standard InChI is InChI=1S/C18H23N5O2/c1-3-5-15-14(22-18(25)13-6-4-7-17(24)21-13)11-20-23(15)16-10-12(2)8-9-19-16/h8-11,13H,3-7H2,1-2H3,(H,21,24)(H,22,25)/t13-/m1/s1. The van der Waals surface area contributed by atoms with Crippen LogP contribution in [-0.4, -0.2) is 32.6 Å². The molecule has 3 heterocycles. The lowest BCUT2D eigenvalue weighted by Gasteiger charge is -2.22. The Morgan fingerprint density at radius 2 is 2.32 bits per heavy atom. The van der Waals surface area contributed by atoms with Crippen molar-refractivity contribution in [1.29, 1.82) is 0 Å². The molecule has 1 fully saturated rings. The Morgan fingerprint density at radius 1 is 1.48 bits per heavy atom. The lowest BCUT2D eigenvalue weighted by atomic mass is 10.0. The van der Waals surface area contributed by atoms with E-state index < -0.39 is 6.04 Å². The molecule has 3 rings (SSSR count). The maximum absolute atomic E-state index is 12.5. The van der Waals surface area contributed by atoms with Gasteiger partial charge < -0.3 is 10.6 Å². The van der Waals surface area contributed by atoms with Gasteiger partial charge in [-0.3, -0.25) is 9.59 Å². The van der Waals surface area contributed by atoms with Crippen LogP contribution >= 0.6 is 0 Å². The third kappa shape index (κ3) is 3.87. The second-order valence-corrected chi connectivity index (χ2v) is 6.36. The molecule has 2 N–H and O–H groups in total. The van der Waals surface area contributed by atoms with Crippen LogP contribution in [0.3, 0.4) is 0 Å². The molecule has 0 aliphatic carbocycles. The number of nitrogens with one attached hydrogen (secondary N) is 2. The van der Waals surface area contributed by atoms with E-state index >= 15 is 0 Å². The quantitative estimate of drug-likeness (QED) is 0.872. The molecule has 1 aliphatic rings. The summed E-state index contributed by atoms with van der Waals surface area (Å²) in [5.41, 5.74) is 2.68. The van der Waals surface area contributed by atoms with Gasteiger partial charge in [0.15, 0.2) is 5.82 Å². The first-order valence-corrected chi connectivity index (χ1v) is 8.68. The fraction of sp³-hybridized carbons (Fsp3) is 0.444. The molecule has 2 aromatic rings. The smallest absolute Gasteiger partial charge is 0.247 e. The van der Waals surface area contributed by atoms with E-state index in [1.165, 1.54) is 0 Å². The van der Waals surface area contributed by atoms with Gasteiger partial charge in [-0.1, -0.05) is 13.3 Å². The molecule has 1 aliphatic heterocycles. The van der Waals surface area contributed by atoms with Crippen molar-refractivity contribution in [3.8, 4) is 5.82 Å². The molecule has 7 heteroatoms. The van der Waals surface area contributed by atoms with Gasteiger partial charge in [0.25, 0.3) is 0 Å². The zero-order valence-electron chi connectivity index (χ0n) is 14.6. The van der Waals surface area contributed by atoms with E-state index in [4.69, 9.17) is 0 Å². The second kappa shape index (κ2) is 7.46. The average Bonchev–Trinajstić information content (AvgIpc) is 2.98. The minimum absolute atomic E-state index is 0.0696. The number of nitrogens with zero attached hydrogens (tertiary/aromatic N) is 3. The molecule has 7 nitrogen and oxygen atoms in total. The van der Waals surface area contributed by atoms with Crippen LogP contribution in [0.2, 0.25) is 0 Å². The predicted octanol–water partition coefficient (Wildman–Crippen LogP) is 2.14. The highest BCUT2D eigenvalue weighted by atomic mass is 16.2. The Hall–Kier alpha value is -2.70. The van der Waals surface area contributed by atoms with E-state index in [1.807, 2.05) is 19.1 Å². The SMILES string of the molecule is CCCc1c(NC(=O)[C@H]2CCCC(=O)N2)cnn1-c1cc(C)ccn1. The summed E-state index contributed by atoms with van der Waals surface area (Å²) in [4.78, 5) is 28.4.